The molecule has 0 unspecified atom stereocenters. The quantitative estimate of drug-likeness (QED) is 0.787. The molecule has 1 N–H and O–H groups in total. The number of aryl methyl sites for hydroxylation is 1. The lowest BCUT2D eigenvalue weighted by atomic mass is 10.1. The Morgan fingerprint density at radius 2 is 2.16 bits per heavy atom. The second-order valence-corrected chi connectivity index (χ2v) is 4.82. The fourth-order valence-corrected chi connectivity index (χ4v) is 2.22. The van der Waals surface area contributed by atoms with Crippen LogP contribution in [0.1, 0.15) is 27.5 Å². The molecule has 2 heterocycles. The number of thiazole rings is 1. The molecule has 0 aliphatic heterocycles. The van der Waals surface area contributed by atoms with Crippen molar-refractivity contribution in [1.82, 2.24) is 9.97 Å². The molecule has 0 atom stereocenters. The van der Waals surface area contributed by atoms with Crippen LogP contribution in [-0.2, 0) is 17.8 Å². The summed E-state index contributed by atoms with van der Waals surface area (Å²) in [7, 11) is 0. The molecule has 2 aromatic rings. The molecule has 0 radical (unpaired) electrons. The van der Waals surface area contributed by atoms with Crippen LogP contribution in [0.25, 0.3) is 0 Å². The fraction of sp³-hybridized carbons (Fsp3) is 0.308. The zero-order valence-electron chi connectivity index (χ0n) is 10.3. The van der Waals surface area contributed by atoms with E-state index in [1.54, 1.807) is 17.8 Å². The Balaban J connectivity index is 1.65. The van der Waals surface area contributed by atoms with Gasteiger partial charge >= 0.3 is 5.97 Å². The zero-order chi connectivity index (χ0) is 13.5. The number of hydrogen-bond acceptors (Lipinski definition) is 5. The number of rotatable bonds is 7. The van der Waals surface area contributed by atoms with Crippen molar-refractivity contribution in [3.63, 3.8) is 0 Å². The Bertz CT molecular complexity index is 528. The van der Waals surface area contributed by atoms with Crippen LogP contribution < -0.4 is 0 Å². The Hall–Kier alpha value is -1.79. The first-order chi connectivity index (χ1) is 9.25. The third kappa shape index (κ3) is 4.42. The Morgan fingerprint density at radius 1 is 1.37 bits per heavy atom. The lowest BCUT2D eigenvalue weighted by Crippen LogP contribution is -1.99. The van der Waals surface area contributed by atoms with E-state index >= 15 is 0 Å². The van der Waals surface area contributed by atoms with Crippen LogP contribution in [0.4, 0.5) is 0 Å². The highest BCUT2D eigenvalue weighted by Gasteiger charge is 2.08. The molecular weight excluding hydrogens is 264 g/mol. The number of ether oxygens (including phenoxy) is 1. The van der Waals surface area contributed by atoms with Gasteiger partial charge in [0.1, 0.15) is 0 Å². The molecule has 0 amide bonds. The molecule has 19 heavy (non-hydrogen) atoms. The molecule has 0 aromatic carbocycles. The zero-order valence-corrected chi connectivity index (χ0v) is 11.1. The number of nitrogens with zero attached hydrogens (tertiary/aromatic N) is 2. The minimum atomic E-state index is -0.992. The van der Waals surface area contributed by atoms with Crippen molar-refractivity contribution in [2.24, 2.45) is 0 Å². The summed E-state index contributed by atoms with van der Waals surface area (Å²) in [6.45, 7) is 0.988. The number of aromatic carboxylic acids is 1. The molecule has 0 bridgehead atoms. The maximum Gasteiger partial charge on any atom is 0.365 e. The van der Waals surface area contributed by atoms with Crippen LogP contribution in [0.5, 0.6) is 0 Å². The first kappa shape index (κ1) is 13.6. The number of carbonyl (C=O) groups is 1. The average Bonchev–Trinajstić information content (AvgIpc) is 2.89. The van der Waals surface area contributed by atoms with E-state index in [1.807, 2.05) is 12.1 Å². The minimum absolute atomic E-state index is 0.107. The van der Waals surface area contributed by atoms with Crippen molar-refractivity contribution >= 4 is 17.3 Å². The molecule has 0 fully saturated rings. The normalized spacial score (nSPS) is 10.5. The second kappa shape index (κ2) is 6.96. The van der Waals surface area contributed by atoms with Crippen LogP contribution in [0.2, 0.25) is 0 Å². The van der Waals surface area contributed by atoms with Crippen molar-refractivity contribution in [1.29, 1.82) is 0 Å². The minimum Gasteiger partial charge on any atom is -0.476 e. The van der Waals surface area contributed by atoms with Gasteiger partial charge in [0.15, 0.2) is 0 Å². The Morgan fingerprint density at radius 3 is 2.84 bits per heavy atom. The Labute approximate surface area is 114 Å². The smallest absolute Gasteiger partial charge is 0.365 e. The standard InChI is InChI=1S/C13H14N2O3S/c16-13(17)12-15-11(9-19-12)8-18-7-1-2-10-3-5-14-6-4-10/h3-6,9H,1-2,7-8H2,(H,16,17). The molecular formula is C13H14N2O3S. The van der Waals surface area contributed by atoms with Gasteiger partial charge in [-0.3, -0.25) is 4.98 Å². The summed E-state index contributed by atoms with van der Waals surface area (Å²) in [5.74, 6) is -0.992. The highest BCUT2D eigenvalue weighted by molar-refractivity contribution is 7.11. The fourth-order valence-electron chi connectivity index (χ4n) is 1.58. The van der Waals surface area contributed by atoms with Crippen molar-refractivity contribution in [2.75, 3.05) is 6.61 Å². The van der Waals surface area contributed by atoms with Gasteiger partial charge in [-0.25, -0.2) is 9.78 Å². The van der Waals surface area contributed by atoms with Gasteiger partial charge in [-0.15, -0.1) is 11.3 Å². The van der Waals surface area contributed by atoms with E-state index in [0.29, 0.717) is 18.9 Å². The van der Waals surface area contributed by atoms with E-state index in [0.717, 1.165) is 24.2 Å². The molecule has 0 aliphatic carbocycles. The SMILES string of the molecule is O=C(O)c1nc(COCCCc2ccncc2)cs1. The lowest BCUT2D eigenvalue weighted by molar-refractivity contribution is 0.0695. The molecule has 100 valence electrons. The van der Waals surface area contributed by atoms with Gasteiger partial charge in [0.05, 0.1) is 12.3 Å². The summed E-state index contributed by atoms with van der Waals surface area (Å²) in [5.41, 5.74) is 1.91. The van der Waals surface area contributed by atoms with Crippen molar-refractivity contribution in [2.45, 2.75) is 19.4 Å². The molecule has 0 saturated carbocycles. The summed E-state index contributed by atoms with van der Waals surface area (Å²) in [6.07, 6.45) is 5.41. The predicted octanol–water partition coefficient (Wildman–Crippen LogP) is 2.39. The summed E-state index contributed by atoms with van der Waals surface area (Å²) in [4.78, 5) is 18.6. The summed E-state index contributed by atoms with van der Waals surface area (Å²) >= 11 is 1.12. The van der Waals surface area contributed by atoms with Crippen molar-refractivity contribution < 1.29 is 14.6 Å². The molecule has 2 aromatic heterocycles. The van der Waals surface area contributed by atoms with Gasteiger partial charge in [-0.1, -0.05) is 0 Å². The van der Waals surface area contributed by atoms with Crippen molar-refractivity contribution in [3.8, 4) is 0 Å². The molecule has 0 spiro atoms. The summed E-state index contributed by atoms with van der Waals surface area (Å²) < 4.78 is 5.47. The summed E-state index contributed by atoms with van der Waals surface area (Å²) in [6, 6.07) is 3.97. The molecule has 0 aliphatic rings. The highest BCUT2D eigenvalue weighted by Crippen LogP contribution is 2.10. The van der Waals surface area contributed by atoms with E-state index in [2.05, 4.69) is 9.97 Å². The van der Waals surface area contributed by atoms with E-state index in [1.165, 1.54) is 5.56 Å². The number of hydrogen-bond donors (Lipinski definition) is 1. The molecule has 5 nitrogen and oxygen atoms in total. The van der Waals surface area contributed by atoms with Gasteiger partial charge < -0.3 is 9.84 Å². The van der Waals surface area contributed by atoms with E-state index in [4.69, 9.17) is 9.84 Å². The van der Waals surface area contributed by atoms with Crippen LogP contribution >= 0.6 is 11.3 Å². The number of pyridine rings is 1. The number of aromatic nitrogens is 2. The van der Waals surface area contributed by atoms with Gasteiger partial charge in [-0.2, -0.15) is 0 Å². The van der Waals surface area contributed by atoms with Crippen LogP contribution in [0.3, 0.4) is 0 Å². The van der Waals surface area contributed by atoms with Gasteiger partial charge in [0.2, 0.25) is 5.01 Å². The predicted molar refractivity (Wildman–Crippen MR) is 71.3 cm³/mol. The molecule has 6 heteroatoms. The second-order valence-electron chi connectivity index (χ2n) is 3.96. The number of carboxylic acid groups (broad SMARTS) is 1. The highest BCUT2D eigenvalue weighted by atomic mass is 32.1. The molecule has 2 rings (SSSR count). The number of carboxylic acids is 1. The van der Waals surface area contributed by atoms with E-state index < -0.39 is 5.97 Å². The lowest BCUT2D eigenvalue weighted by Gasteiger charge is -2.02. The maximum atomic E-state index is 10.6. The van der Waals surface area contributed by atoms with Crippen molar-refractivity contribution in [3.05, 3.63) is 46.2 Å². The first-order valence-electron chi connectivity index (χ1n) is 5.90. The molecule has 0 saturated heterocycles. The summed E-state index contributed by atoms with van der Waals surface area (Å²) in [5, 5.41) is 10.6. The van der Waals surface area contributed by atoms with Crippen LogP contribution in [-0.4, -0.2) is 27.7 Å². The van der Waals surface area contributed by atoms with Crippen LogP contribution in [0.15, 0.2) is 29.9 Å². The van der Waals surface area contributed by atoms with Gasteiger partial charge in [0.25, 0.3) is 0 Å². The first-order valence-corrected chi connectivity index (χ1v) is 6.78. The third-order valence-electron chi connectivity index (χ3n) is 2.49. The Kier molecular flexibility index (Phi) is 5.00. The average molecular weight is 278 g/mol. The maximum absolute atomic E-state index is 10.6. The van der Waals surface area contributed by atoms with E-state index in [-0.39, 0.29) is 5.01 Å². The van der Waals surface area contributed by atoms with Gasteiger partial charge in [0, 0.05) is 24.4 Å². The largest absolute Gasteiger partial charge is 0.476 e. The van der Waals surface area contributed by atoms with Gasteiger partial charge in [-0.05, 0) is 30.5 Å². The topological polar surface area (TPSA) is 72.3 Å². The van der Waals surface area contributed by atoms with E-state index in [9.17, 15) is 4.79 Å². The third-order valence-corrected chi connectivity index (χ3v) is 3.37. The monoisotopic (exact) mass is 278 g/mol. The van der Waals surface area contributed by atoms with Crippen LogP contribution in [0, 0.1) is 0 Å².